The Hall–Kier alpha value is -2.27. The SMILES string of the molecule is COc1ccc(CNC(=O)c2cc(O)ccc2Cl)cn1. The molecule has 0 saturated carbocycles. The number of aromatic nitrogens is 1. The van der Waals surface area contributed by atoms with E-state index in [0.717, 1.165) is 5.56 Å². The molecule has 1 heterocycles. The fourth-order valence-corrected chi connectivity index (χ4v) is 1.80. The number of hydrogen-bond acceptors (Lipinski definition) is 4. The van der Waals surface area contributed by atoms with Crippen molar-refractivity contribution in [2.24, 2.45) is 0 Å². The maximum absolute atomic E-state index is 12.0. The van der Waals surface area contributed by atoms with Crippen LogP contribution in [0.5, 0.6) is 11.6 Å². The molecule has 0 unspecified atom stereocenters. The molecule has 2 rings (SSSR count). The predicted molar refractivity (Wildman–Crippen MR) is 75.1 cm³/mol. The number of nitrogens with one attached hydrogen (secondary N) is 1. The number of phenolic OH excluding ortho intramolecular Hbond substituents is 1. The molecule has 0 fully saturated rings. The summed E-state index contributed by atoms with van der Waals surface area (Å²) in [5.41, 5.74) is 1.06. The number of aromatic hydroxyl groups is 1. The average Bonchev–Trinajstić information content (AvgIpc) is 2.47. The Morgan fingerprint density at radius 2 is 2.20 bits per heavy atom. The Bertz CT molecular complexity index is 614. The van der Waals surface area contributed by atoms with Crippen molar-refractivity contribution in [3.05, 3.63) is 52.7 Å². The first-order valence-electron chi connectivity index (χ1n) is 5.86. The molecule has 0 atom stereocenters. The fourth-order valence-electron chi connectivity index (χ4n) is 1.60. The molecule has 5 nitrogen and oxygen atoms in total. The normalized spacial score (nSPS) is 10.1. The predicted octanol–water partition coefficient (Wildman–Crippen LogP) is 2.38. The van der Waals surface area contributed by atoms with Crippen LogP contribution in [0.2, 0.25) is 5.02 Å². The Balaban J connectivity index is 2.02. The van der Waals surface area contributed by atoms with E-state index in [4.69, 9.17) is 16.3 Å². The maximum atomic E-state index is 12.0. The largest absolute Gasteiger partial charge is 0.508 e. The summed E-state index contributed by atoms with van der Waals surface area (Å²) >= 11 is 5.91. The van der Waals surface area contributed by atoms with Crippen molar-refractivity contribution >= 4 is 17.5 Å². The lowest BCUT2D eigenvalue weighted by atomic mass is 10.2. The number of methoxy groups -OCH3 is 1. The number of benzene rings is 1. The molecule has 0 aliphatic rings. The molecule has 1 aromatic heterocycles. The summed E-state index contributed by atoms with van der Waals surface area (Å²) in [4.78, 5) is 16.0. The van der Waals surface area contributed by atoms with Gasteiger partial charge < -0.3 is 15.2 Å². The number of amides is 1. The number of halogens is 1. The molecule has 1 amide bonds. The number of hydrogen-bond donors (Lipinski definition) is 2. The van der Waals surface area contributed by atoms with E-state index in [0.29, 0.717) is 12.4 Å². The van der Waals surface area contributed by atoms with Crippen molar-refractivity contribution in [2.45, 2.75) is 6.54 Å². The first kappa shape index (κ1) is 14.1. The molecule has 1 aromatic carbocycles. The van der Waals surface area contributed by atoms with Crippen LogP contribution in [0.1, 0.15) is 15.9 Å². The minimum absolute atomic E-state index is 0.00864. The standard InChI is InChI=1S/C14H13ClN2O3/c1-20-13-5-2-9(7-16-13)8-17-14(19)11-6-10(18)3-4-12(11)15/h2-7,18H,8H2,1H3,(H,17,19). The highest BCUT2D eigenvalue weighted by molar-refractivity contribution is 6.33. The summed E-state index contributed by atoms with van der Waals surface area (Å²) < 4.78 is 4.95. The van der Waals surface area contributed by atoms with Gasteiger partial charge in [-0.15, -0.1) is 0 Å². The lowest BCUT2D eigenvalue weighted by Gasteiger charge is -2.07. The Labute approximate surface area is 121 Å². The Morgan fingerprint density at radius 1 is 1.40 bits per heavy atom. The van der Waals surface area contributed by atoms with Crippen molar-refractivity contribution in [3.63, 3.8) is 0 Å². The Morgan fingerprint density at radius 3 is 2.85 bits per heavy atom. The molecule has 0 aliphatic carbocycles. The van der Waals surface area contributed by atoms with Crippen LogP contribution in [-0.2, 0) is 6.54 Å². The van der Waals surface area contributed by atoms with Gasteiger partial charge in [0.25, 0.3) is 5.91 Å². The highest BCUT2D eigenvalue weighted by atomic mass is 35.5. The molecule has 6 heteroatoms. The third-order valence-corrected chi connectivity index (χ3v) is 2.98. The van der Waals surface area contributed by atoms with Gasteiger partial charge in [-0.3, -0.25) is 4.79 Å². The third kappa shape index (κ3) is 3.39. The second-order valence-corrected chi connectivity index (χ2v) is 4.46. The molecule has 2 N–H and O–H groups in total. The van der Waals surface area contributed by atoms with E-state index in [1.165, 1.54) is 25.3 Å². The van der Waals surface area contributed by atoms with E-state index in [-0.39, 0.29) is 22.2 Å². The van der Waals surface area contributed by atoms with Crippen molar-refractivity contribution in [1.82, 2.24) is 10.3 Å². The summed E-state index contributed by atoms with van der Waals surface area (Å²) in [6.45, 7) is 0.307. The topological polar surface area (TPSA) is 71.5 Å². The molecule has 20 heavy (non-hydrogen) atoms. The minimum Gasteiger partial charge on any atom is -0.508 e. The third-order valence-electron chi connectivity index (χ3n) is 2.65. The molecule has 0 saturated heterocycles. The van der Waals surface area contributed by atoms with Gasteiger partial charge in [-0.2, -0.15) is 0 Å². The Kier molecular flexibility index (Phi) is 4.42. The second kappa shape index (κ2) is 6.25. The van der Waals surface area contributed by atoms with Gasteiger partial charge in [0.1, 0.15) is 5.75 Å². The monoisotopic (exact) mass is 292 g/mol. The van der Waals surface area contributed by atoms with Crippen LogP contribution in [-0.4, -0.2) is 23.1 Å². The fraction of sp³-hybridized carbons (Fsp3) is 0.143. The first-order chi connectivity index (χ1) is 9.60. The zero-order valence-corrected chi connectivity index (χ0v) is 11.5. The lowest BCUT2D eigenvalue weighted by molar-refractivity contribution is 0.0950. The van der Waals surface area contributed by atoms with Crippen LogP contribution in [0, 0.1) is 0 Å². The molecular formula is C14H13ClN2O3. The van der Waals surface area contributed by atoms with Crippen LogP contribution in [0.4, 0.5) is 0 Å². The second-order valence-electron chi connectivity index (χ2n) is 4.06. The number of pyridine rings is 1. The van der Waals surface area contributed by atoms with Crippen molar-refractivity contribution < 1.29 is 14.6 Å². The van der Waals surface area contributed by atoms with Crippen LogP contribution in [0.25, 0.3) is 0 Å². The van der Waals surface area contributed by atoms with Crippen molar-refractivity contribution in [2.75, 3.05) is 7.11 Å². The highest BCUT2D eigenvalue weighted by Crippen LogP contribution is 2.21. The molecule has 104 valence electrons. The van der Waals surface area contributed by atoms with Gasteiger partial charge in [0, 0.05) is 18.8 Å². The molecule has 0 radical (unpaired) electrons. The molecule has 0 spiro atoms. The molecule has 0 aliphatic heterocycles. The number of ether oxygens (including phenoxy) is 1. The number of carbonyl (C=O) groups is 1. The zero-order valence-electron chi connectivity index (χ0n) is 10.8. The lowest BCUT2D eigenvalue weighted by Crippen LogP contribution is -2.23. The van der Waals surface area contributed by atoms with Gasteiger partial charge in [-0.25, -0.2) is 4.98 Å². The maximum Gasteiger partial charge on any atom is 0.253 e. The van der Waals surface area contributed by atoms with Crippen LogP contribution < -0.4 is 10.1 Å². The van der Waals surface area contributed by atoms with E-state index in [1.807, 2.05) is 0 Å². The number of carbonyl (C=O) groups excluding carboxylic acids is 1. The minimum atomic E-state index is -0.360. The summed E-state index contributed by atoms with van der Waals surface area (Å²) in [6, 6.07) is 7.73. The van der Waals surface area contributed by atoms with Gasteiger partial charge in [0.15, 0.2) is 0 Å². The van der Waals surface area contributed by atoms with Gasteiger partial charge >= 0.3 is 0 Å². The average molecular weight is 293 g/mol. The molecule has 0 bridgehead atoms. The zero-order chi connectivity index (χ0) is 14.5. The number of nitrogens with zero attached hydrogens (tertiary/aromatic N) is 1. The van der Waals surface area contributed by atoms with Crippen molar-refractivity contribution in [3.8, 4) is 11.6 Å². The van der Waals surface area contributed by atoms with Crippen LogP contribution in [0.3, 0.4) is 0 Å². The smallest absolute Gasteiger partial charge is 0.253 e. The van der Waals surface area contributed by atoms with E-state index in [9.17, 15) is 9.90 Å². The number of phenols is 1. The van der Waals surface area contributed by atoms with E-state index >= 15 is 0 Å². The first-order valence-corrected chi connectivity index (χ1v) is 6.23. The van der Waals surface area contributed by atoms with Gasteiger partial charge in [-0.05, 0) is 23.8 Å². The molecular weight excluding hydrogens is 280 g/mol. The van der Waals surface area contributed by atoms with Gasteiger partial charge in [0.05, 0.1) is 17.7 Å². The quantitative estimate of drug-likeness (QED) is 0.907. The highest BCUT2D eigenvalue weighted by Gasteiger charge is 2.11. The van der Waals surface area contributed by atoms with Gasteiger partial charge in [-0.1, -0.05) is 17.7 Å². The summed E-state index contributed by atoms with van der Waals surface area (Å²) in [6.07, 6.45) is 1.61. The van der Waals surface area contributed by atoms with Crippen molar-refractivity contribution in [1.29, 1.82) is 0 Å². The van der Waals surface area contributed by atoms with Crippen LogP contribution in [0.15, 0.2) is 36.5 Å². The van der Waals surface area contributed by atoms with E-state index in [2.05, 4.69) is 10.3 Å². The summed E-state index contributed by atoms with van der Waals surface area (Å²) in [5.74, 6) is 0.142. The van der Waals surface area contributed by atoms with E-state index in [1.54, 1.807) is 18.3 Å². The summed E-state index contributed by atoms with van der Waals surface area (Å²) in [7, 11) is 1.54. The molecule has 2 aromatic rings. The number of rotatable bonds is 4. The van der Waals surface area contributed by atoms with Gasteiger partial charge in [0.2, 0.25) is 5.88 Å². The van der Waals surface area contributed by atoms with Crippen LogP contribution >= 0.6 is 11.6 Å². The van der Waals surface area contributed by atoms with E-state index < -0.39 is 0 Å². The summed E-state index contributed by atoms with van der Waals surface area (Å²) in [5, 5.41) is 12.4.